The Morgan fingerprint density at radius 1 is 0.867 bits per heavy atom. The number of nitrogens with zero attached hydrogens (tertiary/aromatic N) is 1. The number of amides is 1. The van der Waals surface area contributed by atoms with Crippen molar-refractivity contribution < 1.29 is 13.2 Å². The van der Waals surface area contributed by atoms with Crippen LogP contribution in [0, 0.1) is 0 Å². The third kappa shape index (κ3) is 3.81. The van der Waals surface area contributed by atoms with Gasteiger partial charge in [-0.25, -0.2) is 8.42 Å². The van der Waals surface area contributed by atoms with E-state index in [4.69, 9.17) is 0 Å². The summed E-state index contributed by atoms with van der Waals surface area (Å²) in [4.78, 5) is 15.6. The standard InChI is InChI=1S/C25H23NO3S/c1-19-23(17-20-11-5-2-6-12-20)26(25(27)21-13-7-3-8-14-21)18-24(19)30(28,29)22-15-9-4-10-16-22/h2-16,23H,17-18H2,1H3. The molecule has 1 aliphatic rings. The van der Waals surface area contributed by atoms with Crippen LogP contribution in [-0.4, -0.2) is 31.8 Å². The summed E-state index contributed by atoms with van der Waals surface area (Å²) in [6.07, 6.45) is 0.569. The topological polar surface area (TPSA) is 54.5 Å². The van der Waals surface area contributed by atoms with Gasteiger partial charge >= 0.3 is 0 Å². The van der Waals surface area contributed by atoms with Gasteiger partial charge in [0.1, 0.15) is 0 Å². The van der Waals surface area contributed by atoms with Gasteiger partial charge in [0.2, 0.25) is 9.84 Å². The van der Waals surface area contributed by atoms with E-state index in [0.29, 0.717) is 16.9 Å². The second-order valence-electron chi connectivity index (χ2n) is 7.43. The molecule has 4 rings (SSSR count). The average molecular weight is 418 g/mol. The molecule has 0 bridgehead atoms. The van der Waals surface area contributed by atoms with Crippen LogP contribution in [0.4, 0.5) is 0 Å². The van der Waals surface area contributed by atoms with Crippen molar-refractivity contribution in [2.75, 3.05) is 6.54 Å². The van der Waals surface area contributed by atoms with Crippen molar-refractivity contribution in [1.82, 2.24) is 4.90 Å². The Kier molecular flexibility index (Phi) is 5.55. The lowest BCUT2D eigenvalue weighted by atomic mass is 10.0. The lowest BCUT2D eigenvalue weighted by molar-refractivity contribution is 0.0744. The molecule has 0 spiro atoms. The number of carbonyl (C=O) groups is 1. The van der Waals surface area contributed by atoms with E-state index < -0.39 is 9.84 Å². The summed E-state index contributed by atoms with van der Waals surface area (Å²) >= 11 is 0. The average Bonchev–Trinajstić information content (AvgIpc) is 3.12. The fourth-order valence-electron chi connectivity index (χ4n) is 3.91. The molecule has 1 unspecified atom stereocenters. The summed E-state index contributed by atoms with van der Waals surface area (Å²) in [7, 11) is -3.68. The Morgan fingerprint density at radius 2 is 1.40 bits per heavy atom. The molecule has 3 aromatic carbocycles. The molecule has 0 radical (unpaired) electrons. The number of sulfone groups is 1. The highest BCUT2D eigenvalue weighted by Gasteiger charge is 2.39. The monoisotopic (exact) mass is 417 g/mol. The summed E-state index contributed by atoms with van der Waals surface area (Å²) in [6.45, 7) is 1.91. The molecule has 5 heteroatoms. The van der Waals surface area contributed by atoms with Gasteiger partial charge in [-0.1, -0.05) is 66.7 Å². The van der Waals surface area contributed by atoms with Gasteiger partial charge in [0.25, 0.3) is 5.91 Å². The molecule has 0 aromatic heterocycles. The van der Waals surface area contributed by atoms with Crippen LogP contribution in [0.3, 0.4) is 0 Å². The van der Waals surface area contributed by atoms with E-state index in [-0.39, 0.29) is 23.4 Å². The first kappa shape index (κ1) is 20.1. The predicted octanol–water partition coefficient (Wildman–Crippen LogP) is 4.50. The number of benzene rings is 3. The number of rotatable bonds is 5. The third-order valence-electron chi connectivity index (χ3n) is 5.56. The Morgan fingerprint density at radius 3 is 2.00 bits per heavy atom. The maximum absolute atomic E-state index is 13.4. The summed E-state index contributed by atoms with van der Waals surface area (Å²) in [5, 5.41) is 0. The minimum atomic E-state index is -3.68. The molecule has 4 nitrogen and oxygen atoms in total. The van der Waals surface area contributed by atoms with Crippen LogP contribution in [-0.2, 0) is 16.3 Å². The normalized spacial score (nSPS) is 16.7. The van der Waals surface area contributed by atoms with E-state index in [0.717, 1.165) is 11.1 Å². The summed E-state index contributed by atoms with van der Waals surface area (Å²) in [6, 6.07) is 27.0. The maximum Gasteiger partial charge on any atom is 0.254 e. The largest absolute Gasteiger partial charge is 0.327 e. The first-order valence-corrected chi connectivity index (χ1v) is 11.4. The van der Waals surface area contributed by atoms with Crippen LogP contribution in [0.15, 0.2) is 106 Å². The van der Waals surface area contributed by atoms with Crippen LogP contribution < -0.4 is 0 Å². The van der Waals surface area contributed by atoms with Crippen molar-refractivity contribution >= 4 is 15.7 Å². The minimum Gasteiger partial charge on any atom is -0.327 e. The molecule has 0 N–H and O–H groups in total. The lowest BCUT2D eigenvalue weighted by Gasteiger charge is -2.26. The van der Waals surface area contributed by atoms with Crippen LogP contribution in [0.2, 0.25) is 0 Å². The molecular weight excluding hydrogens is 394 g/mol. The van der Waals surface area contributed by atoms with Crippen molar-refractivity contribution in [3.8, 4) is 0 Å². The Balaban J connectivity index is 1.75. The molecule has 1 heterocycles. The Labute approximate surface area is 177 Å². The SMILES string of the molecule is CC1=C(S(=O)(=O)c2ccccc2)CN(C(=O)c2ccccc2)C1Cc1ccccc1. The fourth-order valence-corrected chi connectivity index (χ4v) is 5.58. The molecule has 152 valence electrons. The summed E-state index contributed by atoms with van der Waals surface area (Å²) in [5.74, 6) is -0.158. The van der Waals surface area contributed by atoms with Crippen molar-refractivity contribution in [3.63, 3.8) is 0 Å². The van der Waals surface area contributed by atoms with Gasteiger partial charge in [-0.3, -0.25) is 4.79 Å². The van der Waals surface area contributed by atoms with E-state index in [2.05, 4.69) is 0 Å². The zero-order valence-corrected chi connectivity index (χ0v) is 17.5. The van der Waals surface area contributed by atoms with Gasteiger partial charge in [0, 0.05) is 5.56 Å². The van der Waals surface area contributed by atoms with Crippen LogP contribution >= 0.6 is 0 Å². The fraction of sp³-hybridized carbons (Fsp3) is 0.160. The molecule has 0 aliphatic carbocycles. The van der Waals surface area contributed by atoms with E-state index >= 15 is 0 Å². The molecule has 1 amide bonds. The van der Waals surface area contributed by atoms with Crippen molar-refractivity contribution in [1.29, 1.82) is 0 Å². The smallest absolute Gasteiger partial charge is 0.254 e. The van der Waals surface area contributed by atoms with Gasteiger partial charge in [-0.05, 0) is 48.7 Å². The second kappa shape index (κ2) is 8.28. The van der Waals surface area contributed by atoms with Crippen LogP contribution in [0.1, 0.15) is 22.8 Å². The van der Waals surface area contributed by atoms with Gasteiger partial charge in [-0.15, -0.1) is 0 Å². The molecule has 0 saturated carbocycles. The summed E-state index contributed by atoms with van der Waals surface area (Å²) < 4.78 is 26.7. The number of carbonyl (C=O) groups excluding carboxylic acids is 1. The lowest BCUT2D eigenvalue weighted by Crippen LogP contribution is -2.39. The van der Waals surface area contributed by atoms with Crippen LogP contribution in [0.5, 0.6) is 0 Å². The summed E-state index contributed by atoms with van der Waals surface area (Å²) in [5.41, 5.74) is 2.35. The molecule has 3 aromatic rings. The zero-order valence-electron chi connectivity index (χ0n) is 16.7. The molecule has 0 fully saturated rings. The highest BCUT2D eigenvalue weighted by atomic mass is 32.2. The van der Waals surface area contributed by atoms with Gasteiger partial charge in [-0.2, -0.15) is 0 Å². The van der Waals surface area contributed by atoms with Gasteiger partial charge < -0.3 is 4.90 Å². The Hall–Kier alpha value is -3.18. The first-order valence-electron chi connectivity index (χ1n) is 9.88. The van der Waals surface area contributed by atoms with Crippen molar-refractivity contribution in [2.24, 2.45) is 0 Å². The zero-order chi connectivity index (χ0) is 21.1. The predicted molar refractivity (Wildman–Crippen MR) is 118 cm³/mol. The van der Waals surface area contributed by atoms with Crippen molar-refractivity contribution in [3.05, 3.63) is 113 Å². The highest BCUT2D eigenvalue weighted by molar-refractivity contribution is 7.95. The molecule has 1 aliphatic heterocycles. The van der Waals surface area contributed by atoms with Gasteiger partial charge in [0.05, 0.1) is 22.4 Å². The number of hydrogen-bond acceptors (Lipinski definition) is 3. The minimum absolute atomic E-state index is 0.0777. The van der Waals surface area contributed by atoms with E-state index in [1.165, 1.54) is 0 Å². The maximum atomic E-state index is 13.4. The first-order chi connectivity index (χ1) is 14.5. The molecule has 0 saturated heterocycles. The van der Waals surface area contributed by atoms with Gasteiger partial charge in [0.15, 0.2) is 0 Å². The quantitative estimate of drug-likeness (QED) is 0.614. The second-order valence-corrected chi connectivity index (χ2v) is 9.40. The highest BCUT2D eigenvalue weighted by Crippen LogP contribution is 2.34. The molecule has 1 atom stereocenters. The van der Waals surface area contributed by atoms with E-state index in [1.807, 2.05) is 55.5 Å². The Bertz CT molecular complexity index is 1170. The van der Waals surface area contributed by atoms with E-state index in [9.17, 15) is 13.2 Å². The van der Waals surface area contributed by atoms with E-state index in [1.54, 1.807) is 47.4 Å². The van der Waals surface area contributed by atoms with Crippen LogP contribution in [0.25, 0.3) is 0 Å². The third-order valence-corrected chi connectivity index (χ3v) is 7.55. The number of hydrogen-bond donors (Lipinski definition) is 0. The molecule has 30 heavy (non-hydrogen) atoms. The molecular formula is C25H23NO3S. The van der Waals surface area contributed by atoms with Crippen molar-refractivity contribution in [2.45, 2.75) is 24.3 Å².